The summed E-state index contributed by atoms with van der Waals surface area (Å²) in [5.41, 5.74) is 6.65. The van der Waals surface area contributed by atoms with Gasteiger partial charge in [-0.15, -0.1) is 0 Å². The Morgan fingerprint density at radius 3 is 2.48 bits per heavy atom. The molecule has 0 saturated heterocycles. The number of hydrogen-bond acceptors (Lipinski definition) is 2. The first-order chi connectivity index (χ1) is 9.99. The van der Waals surface area contributed by atoms with Crippen molar-refractivity contribution in [2.24, 2.45) is 11.7 Å². The van der Waals surface area contributed by atoms with Crippen LogP contribution < -0.4 is 11.1 Å². The highest BCUT2D eigenvalue weighted by Crippen LogP contribution is 2.22. The number of halogens is 2. The van der Waals surface area contributed by atoms with Crippen LogP contribution in [-0.4, -0.2) is 5.91 Å². The van der Waals surface area contributed by atoms with Crippen molar-refractivity contribution in [2.75, 3.05) is 5.32 Å². The van der Waals surface area contributed by atoms with Crippen molar-refractivity contribution >= 4 is 11.6 Å². The van der Waals surface area contributed by atoms with Gasteiger partial charge in [0.1, 0.15) is 11.6 Å². The standard InChI is InChI=1S/C16H16F2N2O/c1-10(15(19)11-5-3-2-4-6-11)16(21)20-14-9-12(17)7-8-13(14)18/h2-10,15H,19H2,1H3,(H,20,21). The van der Waals surface area contributed by atoms with Gasteiger partial charge < -0.3 is 11.1 Å². The summed E-state index contributed by atoms with van der Waals surface area (Å²) < 4.78 is 26.6. The van der Waals surface area contributed by atoms with Gasteiger partial charge in [0.05, 0.1) is 11.6 Å². The Labute approximate surface area is 121 Å². The van der Waals surface area contributed by atoms with E-state index in [9.17, 15) is 13.6 Å². The van der Waals surface area contributed by atoms with E-state index in [-0.39, 0.29) is 5.69 Å². The molecule has 5 heteroatoms. The average molecular weight is 290 g/mol. The molecule has 2 rings (SSSR count). The minimum Gasteiger partial charge on any atom is -0.323 e. The number of carbonyl (C=O) groups excluding carboxylic acids is 1. The fraction of sp³-hybridized carbons (Fsp3) is 0.188. The minimum absolute atomic E-state index is 0.188. The molecule has 2 atom stereocenters. The summed E-state index contributed by atoms with van der Waals surface area (Å²) >= 11 is 0. The minimum atomic E-state index is -0.690. The van der Waals surface area contributed by atoms with Crippen LogP contribution in [0.5, 0.6) is 0 Å². The number of anilines is 1. The third-order valence-corrected chi connectivity index (χ3v) is 3.32. The molecule has 0 fully saturated rings. The van der Waals surface area contributed by atoms with Gasteiger partial charge in [0.25, 0.3) is 0 Å². The van der Waals surface area contributed by atoms with E-state index in [1.807, 2.05) is 30.3 Å². The number of nitrogens with one attached hydrogen (secondary N) is 1. The molecule has 0 radical (unpaired) electrons. The monoisotopic (exact) mass is 290 g/mol. The van der Waals surface area contributed by atoms with Gasteiger partial charge in [-0.3, -0.25) is 4.79 Å². The van der Waals surface area contributed by atoms with Gasteiger partial charge in [-0.25, -0.2) is 8.78 Å². The van der Waals surface area contributed by atoms with Crippen LogP contribution >= 0.6 is 0 Å². The summed E-state index contributed by atoms with van der Waals surface area (Å²) in [6, 6.07) is 11.5. The number of benzene rings is 2. The lowest BCUT2D eigenvalue weighted by molar-refractivity contribution is -0.120. The Morgan fingerprint density at radius 2 is 1.81 bits per heavy atom. The van der Waals surface area contributed by atoms with Crippen LogP contribution in [0.2, 0.25) is 0 Å². The zero-order chi connectivity index (χ0) is 15.4. The first-order valence-corrected chi connectivity index (χ1v) is 6.55. The molecular weight excluding hydrogens is 274 g/mol. The molecule has 0 aliphatic rings. The molecule has 2 aromatic rings. The Hall–Kier alpha value is -2.27. The van der Waals surface area contributed by atoms with Crippen molar-refractivity contribution < 1.29 is 13.6 Å². The molecule has 0 bridgehead atoms. The summed E-state index contributed by atoms with van der Waals surface area (Å²) in [5.74, 6) is -2.36. The molecule has 0 aliphatic carbocycles. The van der Waals surface area contributed by atoms with Crippen molar-refractivity contribution in [3.8, 4) is 0 Å². The highest BCUT2D eigenvalue weighted by atomic mass is 19.1. The van der Waals surface area contributed by atoms with Crippen molar-refractivity contribution in [1.29, 1.82) is 0 Å². The van der Waals surface area contributed by atoms with Crippen molar-refractivity contribution in [3.63, 3.8) is 0 Å². The largest absolute Gasteiger partial charge is 0.323 e. The molecule has 0 spiro atoms. The van der Waals surface area contributed by atoms with Crippen LogP contribution in [0.1, 0.15) is 18.5 Å². The lowest BCUT2D eigenvalue weighted by Crippen LogP contribution is -2.30. The second-order valence-electron chi connectivity index (χ2n) is 4.84. The van der Waals surface area contributed by atoms with Crippen LogP contribution in [0.25, 0.3) is 0 Å². The molecule has 2 unspecified atom stereocenters. The van der Waals surface area contributed by atoms with E-state index in [1.165, 1.54) is 0 Å². The molecular formula is C16H16F2N2O. The van der Waals surface area contributed by atoms with Gasteiger partial charge >= 0.3 is 0 Å². The van der Waals surface area contributed by atoms with Gasteiger partial charge in [-0.2, -0.15) is 0 Å². The first-order valence-electron chi connectivity index (χ1n) is 6.55. The Bertz CT molecular complexity index is 631. The van der Waals surface area contributed by atoms with Crippen molar-refractivity contribution in [3.05, 3.63) is 65.7 Å². The van der Waals surface area contributed by atoms with Gasteiger partial charge in [0.15, 0.2) is 0 Å². The van der Waals surface area contributed by atoms with Gasteiger partial charge in [-0.1, -0.05) is 37.3 Å². The number of amides is 1. The third-order valence-electron chi connectivity index (χ3n) is 3.32. The molecule has 21 heavy (non-hydrogen) atoms. The number of rotatable bonds is 4. The molecule has 2 aromatic carbocycles. The van der Waals surface area contributed by atoms with Gasteiger partial charge in [-0.05, 0) is 17.7 Å². The fourth-order valence-corrected chi connectivity index (χ4v) is 1.97. The summed E-state index contributed by atoms with van der Waals surface area (Å²) in [6.45, 7) is 1.64. The smallest absolute Gasteiger partial charge is 0.229 e. The van der Waals surface area contributed by atoms with Gasteiger partial charge in [0.2, 0.25) is 5.91 Å². The Kier molecular flexibility index (Phi) is 4.65. The number of hydrogen-bond donors (Lipinski definition) is 2. The van der Waals surface area contributed by atoms with Crippen LogP contribution in [-0.2, 0) is 4.79 Å². The molecule has 0 heterocycles. The summed E-state index contributed by atoms with van der Waals surface area (Å²) in [6.07, 6.45) is 0. The number of carbonyl (C=O) groups is 1. The summed E-state index contributed by atoms with van der Waals surface area (Å²) in [5, 5.41) is 2.37. The quantitative estimate of drug-likeness (QED) is 0.908. The van der Waals surface area contributed by atoms with E-state index in [0.29, 0.717) is 0 Å². The molecule has 3 nitrogen and oxygen atoms in total. The SMILES string of the molecule is CC(C(=O)Nc1cc(F)ccc1F)C(N)c1ccccc1. The first kappa shape index (κ1) is 15.1. The van der Waals surface area contributed by atoms with Crippen LogP contribution in [0.3, 0.4) is 0 Å². The van der Waals surface area contributed by atoms with Crippen LogP contribution in [0.15, 0.2) is 48.5 Å². The second kappa shape index (κ2) is 6.45. The van der Waals surface area contributed by atoms with Crippen molar-refractivity contribution in [1.82, 2.24) is 0 Å². The Morgan fingerprint density at radius 1 is 1.14 bits per heavy atom. The fourth-order valence-electron chi connectivity index (χ4n) is 1.97. The maximum atomic E-state index is 13.5. The van der Waals surface area contributed by atoms with E-state index < -0.39 is 29.5 Å². The van der Waals surface area contributed by atoms with E-state index in [1.54, 1.807) is 6.92 Å². The lowest BCUT2D eigenvalue weighted by Gasteiger charge is -2.20. The lowest BCUT2D eigenvalue weighted by atomic mass is 9.94. The maximum absolute atomic E-state index is 13.5. The zero-order valence-corrected chi connectivity index (χ0v) is 11.5. The molecule has 0 aromatic heterocycles. The third kappa shape index (κ3) is 3.64. The highest BCUT2D eigenvalue weighted by molar-refractivity contribution is 5.93. The van der Waals surface area contributed by atoms with Crippen molar-refractivity contribution in [2.45, 2.75) is 13.0 Å². The normalized spacial score (nSPS) is 13.5. The second-order valence-corrected chi connectivity index (χ2v) is 4.84. The van der Waals surface area contributed by atoms with Crippen LogP contribution in [0.4, 0.5) is 14.5 Å². The summed E-state index contributed by atoms with van der Waals surface area (Å²) in [7, 11) is 0. The predicted octanol–water partition coefficient (Wildman–Crippen LogP) is 3.24. The van der Waals surface area contributed by atoms with Crippen LogP contribution in [0, 0.1) is 17.6 Å². The van der Waals surface area contributed by atoms with E-state index in [0.717, 1.165) is 23.8 Å². The molecule has 1 amide bonds. The maximum Gasteiger partial charge on any atom is 0.229 e. The molecule has 0 saturated carbocycles. The summed E-state index contributed by atoms with van der Waals surface area (Å²) in [4.78, 5) is 12.1. The Balaban J connectivity index is 2.11. The van der Waals surface area contributed by atoms with Gasteiger partial charge in [0, 0.05) is 12.1 Å². The average Bonchev–Trinajstić information content (AvgIpc) is 2.50. The predicted molar refractivity (Wildman–Crippen MR) is 77.5 cm³/mol. The van der Waals surface area contributed by atoms with E-state index in [4.69, 9.17) is 5.73 Å². The topological polar surface area (TPSA) is 55.1 Å². The molecule has 3 N–H and O–H groups in total. The van der Waals surface area contributed by atoms with E-state index >= 15 is 0 Å². The zero-order valence-electron chi connectivity index (χ0n) is 11.5. The molecule has 110 valence electrons. The van der Waals surface area contributed by atoms with E-state index in [2.05, 4.69) is 5.32 Å². The number of nitrogens with two attached hydrogens (primary N) is 1. The highest BCUT2D eigenvalue weighted by Gasteiger charge is 2.23. The molecule has 0 aliphatic heterocycles.